The molecule has 0 heterocycles. The lowest BCUT2D eigenvalue weighted by molar-refractivity contribution is -0.110. The fraction of sp³-hybridized carbons (Fsp3) is 0.250. The van der Waals surface area contributed by atoms with Gasteiger partial charge in [-0.2, -0.15) is 0 Å². The lowest BCUT2D eigenvalue weighted by atomic mass is 9.96. The number of amides is 2. The molecule has 29 heavy (non-hydrogen) atoms. The molecular formula is C24H27FN2O2. The molecule has 4 nitrogen and oxygen atoms in total. The van der Waals surface area contributed by atoms with Crippen LogP contribution in [-0.4, -0.2) is 19.4 Å². The summed E-state index contributed by atoms with van der Waals surface area (Å²) in [6.45, 7) is 4.71. The van der Waals surface area contributed by atoms with Crippen molar-refractivity contribution in [3.8, 4) is 0 Å². The first kappa shape index (κ1) is 22.1. The fourth-order valence-corrected chi connectivity index (χ4v) is 3.09. The Morgan fingerprint density at radius 1 is 0.897 bits per heavy atom. The molecule has 1 atom stereocenters. The van der Waals surface area contributed by atoms with Crippen LogP contribution in [0, 0.1) is 11.7 Å². The Morgan fingerprint density at radius 2 is 1.59 bits per heavy atom. The molecule has 0 aliphatic heterocycles. The first-order valence-electron chi connectivity index (χ1n) is 9.65. The Bertz CT molecular complexity index is 910. The molecule has 5 heteroatoms. The predicted octanol–water partition coefficient (Wildman–Crippen LogP) is 4.40. The van der Waals surface area contributed by atoms with Crippen LogP contribution in [0.5, 0.6) is 0 Å². The average Bonchev–Trinajstić information content (AvgIpc) is 2.73. The van der Waals surface area contributed by atoms with Crippen LogP contribution >= 0.6 is 0 Å². The second kappa shape index (κ2) is 11.6. The molecule has 0 saturated carbocycles. The van der Waals surface area contributed by atoms with E-state index in [0.717, 1.165) is 18.4 Å². The number of benzene rings is 3. The highest BCUT2D eigenvalue weighted by molar-refractivity contribution is 5.82. The minimum Gasteiger partial charge on any atom is -0.358 e. The molecule has 0 fully saturated rings. The lowest BCUT2D eigenvalue weighted by Gasteiger charge is -2.20. The van der Waals surface area contributed by atoms with Crippen molar-refractivity contribution in [2.75, 3.05) is 6.54 Å². The van der Waals surface area contributed by atoms with Crippen LogP contribution in [0.3, 0.4) is 0 Å². The van der Waals surface area contributed by atoms with Gasteiger partial charge in [0.1, 0.15) is 5.82 Å². The van der Waals surface area contributed by atoms with Gasteiger partial charge in [-0.05, 0) is 46.4 Å². The lowest BCUT2D eigenvalue weighted by Crippen LogP contribution is -2.24. The van der Waals surface area contributed by atoms with E-state index in [0.29, 0.717) is 13.0 Å². The average molecular weight is 394 g/mol. The van der Waals surface area contributed by atoms with E-state index < -0.39 is 0 Å². The van der Waals surface area contributed by atoms with Gasteiger partial charge in [0.05, 0.1) is 6.04 Å². The summed E-state index contributed by atoms with van der Waals surface area (Å²) >= 11 is 0. The minimum absolute atomic E-state index is 0.0481. The van der Waals surface area contributed by atoms with Crippen molar-refractivity contribution < 1.29 is 14.0 Å². The van der Waals surface area contributed by atoms with Crippen LogP contribution in [-0.2, 0) is 16.0 Å². The van der Waals surface area contributed by atoms with Gasteiger partial charge in [0.15, 0.2) is 0 Å². The molecule has 0 spiro atoms. The zero-order valence-electron chi connectivity index (χ0n) is 16.8. The van der Waals surface area contributed by atoms with Crippen molar-refractivity contribution in [3.63, 3.8) is 0 Å². The maximum absolute atomic E-state index is 12.6. The summed E-state index contributed by atoms with van der Waals surface area (Å²) in [7, 11) is 0. The largest absolute Gasteiger partial charge is 0.358 e. The minimum atomic E-state index is -0.262. The highest BCUT2D eigenvalue weighted by Crippen LogP contribution is 2.21. The first-order valence-corrected chi connectivity index (χ1v) is 9.65. The summed E-state index contributed by atoms with van der Waals surface area (Å²) in [5.74, 6) is 0.0213. The summed E-state index contributed by atoms with van der Waals surface area (Å²) in [4.78, 5) is 20.5. The standard InChI is InChI=1S/C13H13NO.C11H14FNO/c15-10-14-8-7-11-5-6-12-3-1-2-4-13(12)9-11;1-8(2)11(13-7-14)9-3-5-10(12)6-4-9/h1-6,9-10H,7-8H2,(H,14,15);3-8,11H,1-2H3,(H,13,14). The molecule has 0 aromatic heterocycles. The van der Waals surface area contributed by atoms with E-state index in [1.54, 1.807) is 12.1 Å². The molecule has 0 bridgehead atoms. The van der Waals surface area contributed by atoms with Crippen molar-refractivity contribution in [2.45, 2.75) is 26.3 Å². The molecular weight excluding hydrogens is 367 g/mol. The highest BCUT2D eigenvalue weighted by atomic mass is 19.1. The smallest absolute Gasteiger partial charge is 0.207 e. The van der Waals surface area contributed by atoms with Gasteiger partial charge < -0.3 is 10.6 Å². The van der Waals surface area contributed by atoms with E-state index in [-0.39, 0.29) is 17.8 Å². The van der Waals surface area contributed by atoms with Crippen molar-refractivity contribution in [1.29, 1.82) is 0 Å². The number of fused-ring (bicyclic) bond motifs is 1. The van der Waals surface area contributed by atoms with Crippen LogP contribution in [0.2, 0.25) is 0 Å². The highest BCUT2D eigenvalue weighted by Gasteiger charge is 2.14. The maximum atomic E-state index is 12.6. The van der Waals surface area contributed by atoms with E-state index in [9.17, 15) is 14.0 Å². The number of hydrogen-bond acceptors (Lipinski definition) is 2. The molecule has 0 aliphatic rings. The Hall–Kier alpha value is -3.21. The molecule has 3 aromatic rings. The van der Waals surface area contributed by atoms with Gasteiger partial charge in [-0.1, -0.05) is 68.4 Å². The van der Waals surface area contributed by atoms with Crippen LogP contribution in [0.25, 0.3) is 10.8 Å². The predicted molar refractivity (Wildman–Crippen MR) is 115 cm³/mol. The van der Waals surface area contributed by atoms with Gasteiger partial charge in [0.25, 0.3) is 0 Å². The quantitative estimate of drug-likeness (QED) is 0.440. The number of rotatable bonds is 8. The van der Waals surface area contributed by atoms with Crippen LogP contribution in [0.4, 0.5) is 4.39 Å². The van der Waals surface area contributed by atoms with Gasteiger partial charge in [-0.25, -0.2) is 4.39 Å². The number of nitrogens with one attached hydrogen (secondary N) is 2. The van der Waals surface area contributed by atoms with Crippen molar-refractivity contribution in [2.24, 2.45) is 5.92 Å². The third-order valence-corrected chi connectivity index (χ3v) is 4.60. The summed E-state index contributed by atoms with van der Waals surface area (Å²) in [6, 6.07) is 20.8. The molecule has 0 aliphatic carbocycles. The van der Waals surface area contributed by atoms with E-state index in [4.69, 9.17) is 0 Å². The first-order chi connectivity index (χ1) is 14.0. The van der Waals surface area contributed by atoms with Gasteiger partial charge >= 0.3 is 0 Å². The summed E-state index contributed by atoms with van der Waals surface area (Å²) in [6.07, 6.45) is 2.29. The number of carbonyl (C=O) groups excluding carboxylic acids is 2. The summed E-state index contributed by atoms with van der Waals surface area (Å²) < 4.78 is 12.6. The third kappa shape index (κ3) is 7.03. The van der Waals surface area contributed by atoms with Gasteiger partial charge in [-0.3, -0.25) is 9.59 Å². The van der Waals surface area contributed by atoms with E-state index in [2.05, 4.69) is 41.0 Å². The molecule has 2 amide bonds. The van der Waals surface area contributed by atoms with Gasteiger partial charge in [0, 0.05) is 6.54 Å². The zero-order chi connectivity index (χ0) is 21.1. The number of halogens is 1. The second-order valence-electron chi connectivity index (χ2n) is 7.06. The number of carbonyl (C=O) groups is 2. The third-order valence-electron chi connectivity index (χ3n) is 4.60. The second-order valence-corrected chi connectivity index (χ2v) is 7.06. The topological polar surface area (TPSA) is 58.2 Å². The molecule has 0 saturated heterocycles. The monoisotopic (exact) mass is 394 g/mol. The fourth-order valence-electron chi connectivity index (χ4n) is 3.09. The van der Waals surface area contributed by atoms with Crippen LogP contribution in [0.1, 0.15) is 31.0 Å². The Labute approximate surface area is 171 Å². The normalized spacial score (nSPS) is 11.3. The van der Waals surface area contributed by atoms with E-state index in [1.165, 1.54) is 28.5 Å². The molecule has 3 rings (SSSR count). The number of hydrogen-bond donors (Lipinski definition) is 2. The van der Waals surface area contributed by atoms with Crippen LogP contribution in [0.15, 0.2) is 66.7 Å². The molecule has 1 unspecified atom stereocenters. The van der Waals surface area contributed by atoms with E-state index in [1.807, 2.05) is 26.0 Å². The SMILES string of the molecule is CC(C)C(NC=O)c1ccc(F)cc1.O=CNCCc1ccc2ccccc2c1. The Kier molecular flexibility index (Phi) is 8.83. The molecule has 3 aromatic carbocycles. The van der Waals surface area contributed by atoms with E-state index >= 15 is 0 Å². The van der Waals surface area contributed by atoms with Gasteiger partial charge in [-0.15, -0.1) is 0 Å². The van der Waals surface area contributed by atoms with Crippen molar-refractivity contribution in [3.05, 3.63) is 83.7 Å². The molecule has 0 radical (unpaired) electrons. The van der Waals surface area contributed by atoms with Crippen LogP contribution < -0.4 is 10.6 Å². The Morgan fingerprint density at radius 3 is 2.21 bits per heavy atom. The Balaban J connectivity index is 0.000000208. The summed E-state index contributed by atoms with van der Waals surface area (Å²) in [5.41, 5.74) is 2.18. The summed E-state index contributed by atoms with van der Waals surface area (Å²) in [5, 5.41) is 7.88. The van der Waals surface area contributed by atoms with Crippen molar-refractivity contribution >= 4 is 23.6 Å². The van der Waals surface area contributed by atoms with Crippen molar-refractivity contribution in [1.82, 2.24) is 10.6 Å². The zero-order valence-corrected chi connectivity index (χ0v) is 16.8. The maximum Gasteiger partial charge on any atom is 0.207 e. The molecule has 2 N–H and O–H groups in total. The molecule has 152 valence electrons. The van der Waals surface area contributed by atoms with Gasteiger partial charge in [0.2, 0.25) is 12.8 Å².